The molecule has 1 aromatic heterocycles. The molecule has 1 unspecified atom stereocenters. The van der Waals surface area contributed by atoms with Gasteiger partial charge in [-0.2, -0.15) is 5.10 Å². The van der Waals surface area contributed by atoms with Crippen LogP contribution in [0.5, 0.6) is 5.75 Å². The van der Waals surface area contributed by atoms with Gasteiger partial charge < -0.3 is 14.8 Å². The Morgan fingerprint density at radius 3 is 2.44 bits per heavy atom. The maximum atomic E-state index is 12.4. The van der Waals surface area contributed by atoms with Crippen LogP contribution in [0, 0.1) is 0 Å². The van der Waals surface area contributed by atoms with E-state index in [1.165, 1.54) is 6.20 Å². The number of amides is 1. The SMILES string of the molecule is COc1ccc(C(CC(=O)OC(C)C)NC(=O)c2cnn(C)c2)cc1. The number of methoxy groups -OCH3 is 1. The second-order valence-electron chi connectivity index (χ2n) is 5.94. The van der Waals surface area contributed by atoms with Crippen molar-refractivity contribution in [1.29, 1.82) is 0 Å². The average molecular weight is 345 g/mol. The van der Waals surface area contributed by atoms with E-state index in [2.05, 4.69) is 10.4 Å². The molecule has 0 aliphatic heterocycles. The van der Waals surface area contributed by atoms with Crippen molar-refractivity contribution in [2.75, 3.05) is 7.11 Å². The molecule has 1 aromatic carbocycles. The van der Waals surface area contributed by atoms with Crippen molar-refractivity contribution in [3.63, 3.8) is 0 Å². The minimum atomic E-state index is -0.509. The Kier molecular flexibility index (Phi) is 6.16. The highest BCUT2D eigenvalue weighted by atomic mass is 16.5. The van der Waals surface area contributed by atoms with E-state index < -0.39 is 6.04 Å². The van der Waals surface area contributed by atoms with Crippen LogP contribution in [-0.4, -0.2) is 34.9 Å². The Hall–Kier alpha value is -2.83. The van der Waals surface area contributed by atoms with Crippen molar-refractivity contribution in [3.05, 3.63) is 47.8 Å². The molecule has 0 saturated carbocycles. The number of hydrogen-bond acceptors (Lipinski definition) is 5. The topological polar surface area (TPSA) is 82.4 Å². The molecule has 0 radical (unpaired) electrons. The van der Waals surface area contributed by atoms with Gasteiger partial charge in [0.15, 0.2) is 0 Å². The molecule has 1 heterocycles. The van der Waals surface area contributed by atoms with Gasteiger partial charge in [0.2, 0.25) is 0 Å². The maximum Gasteiger partial charge on any atom is 0.308 e. The third-order valence-electron chi connectivity index (χ3n) is 3.53. The normalized spacial score (nSPS) is 11.9. The highest BCUT2D eigenvalue weighted by molar-refractivity contribution is 5.94. The minimum absolute atomic E-state index is 0.0382. The van der Waals surface area contributed by atoms with Crippen LogP contribution in [0.3, 0.4) is 0 Å². The molecule has 2 aromatic rings. The zero-order valence-electron chi connectivity index (χ0n) is 14.9. The Morgan fingerprint density at radius 1 is 1.24 bits per heavy atom. The van der Waals surface area contributed by atoms with Crippen molar-refractivity contribution in [3.8, 4) is 5.75 Å². The zero-order valence-corrected chi connectivity index (χ0v) is 14.9. The first-order chi connectivity index (χ1) is 11.9. The molecule has 0 bridgehead atoms. The standard InChI is InChI=1S/C18H23N3O4/c1-12(2)25-17(22)9-16(13-5-7-15(24-4)8-6-13)20-18(23)14-10-19-21(3)11-14/h5-8,10-12,16H,9H2,1-4H3,(H,20,23). The lowest BCUT2D eigenvalue weighted by atomic mass is 10.0. The third-order valence-corrected chi connectivity index (χ3v) is 3.53. The van der Waals surface area contributed by atoms with Gasteiger partial charge in [-0.05, 0) is 31.5 Å². The summed E-state index contributed by atoms with van der Waals surface area (Å²) in [4.78, 5) is 24.5. The lowest BCUT2D eigenvalue weighted by molar-refractivity contribution is -0.147. The van der Waals surface area contributed by atoms with Crippen LogP contribution in [0.4, 0.5) is 0 Å². The van der Waals surface area contributed by atoms with E-state index in [0.717, 1.165) is 5.56 Å². The highest BCUT2D eigenvalue weighted by Gasteiger charge is 2.21. The summed E-state index contributed by atoms with van der Waals surface area (Å²) in [6.45, 7) is 3.57. The number of aromatic nitrogens is 2. The van der Waals surface area contributed by atoms with E-state index in [1.54, 1.807) is 51.0 Å². The molecule has 7 heteroatoms. The fourth-order valence-electron chi connectivity index (χ4n) is 2.35. The van der Waals surface area contributed by atoms with Crippen LogP contribution in [0.15, 0.2) is 36.7 Å². The van der Waals surface area contributed by atoms with Gasteiger partial charge in [-0.25, -0.2) is 0 Å². The fourth-order valence-corrected chi connectivity index (χ4v) is 2.35. The van der Waals surface area contributed by atoms with E-state index in [-0.39, 0.29) is 24.4 Å². The molecule has 2 rings (SSSR count). The molecular formula is C18H23N3O4. The fraction of sp³-hybridized carbons (Fsp3) is 0.389. The predicted molar refractivity (Wildman–Crippen MR) is 92.3 cm³/mol. The quantitative estimate of drug-likeness (QED) is 0.778. The number of carbonyl (C=O) groups is 2. The van der Waals surface area contributed by atoms with Gasteiger partial charge in [0.1, 0.15) is 5.75 Å². The molecule has 1 amide bonds. The van der Waals surface area contributed by atoms with Gasteiger partial charge in [-0.1, -0.05) is 12.1 Å². The Balaban J connectivity index is 2.18. The molecule has 0 saturated heterocycles. The first-order valence-electron chi connectivity index (χ1n) is 8.02. The Labute approximate surface area is 146 Å². The largest absolute Gasteiger partial charge is 0.497 e. The van der Waals surface area contributed by atoms with Crippen LogP contribution in [-0.2, 0) is 16.6 Å². The summed E-state index contributed by atoms with van der Waals surface area (Å²) in [5.74, 6) is 0.0272. The number of esters is 1. The van der Waals surface area contributed by atoms with E-state index in [1.807, 2.05) is 12.1 Å². The first kappa shape index (κ1) is 18.5. The number of hydrogen-bond donors (Lipinski definition) is 1. The minimum Gasteiger partial charge on any atom is -0.497 e. The molecule has 25 heavy (non-hydrogen) atoms. The third kappa shape index (κ3) is 5.34. The van der Waals surface area contributed by atoms with Crippen LogP contribution >= 0.6 is 0 Å². The molecule has 7 nitrogen and oxygen atoms in total. The summed E-state index contributed by atoms with van der Waals surface area (Å²) in [5.41, 5.74) is 1.22. The van der Waals surface area contributed by atoms with Gasteiger partial charge in [0, 0.05) is 13.2 Å². The zero-order chi connectivity index (χ0) is 18.4. The smallest absolute Gasteiger partial charge is 0.308 e. The van der Waals surface area contributed by atoms with Gasteiger partial charge in [0.05, 0.1) is 37.4 Å². The van der Waals surface area contributed by atoms with Crippen LogP contribution < -0.4 is 10.1 Å². The number of carbonyl (C=O) groups excluding carboxylic acids is 2. The number of ether oxygens (including phenoxy) is 2. The summed E-state index contributed by atoms with van der Waals surface area (Å²) < 4.78 is 11.9. The highest BCUT2D eigenvalue weighted by Crippen LogP contribution is 2.21. The van der Waals surface area contributed by atoms with Crippen LogP contribution in [0.1, 0.15) is 42.2 Å². The molecule has 0 aliphatic rings. The molecule has 0 spiro atoms. The van der Waals surface area contributed by atoms with Crippen molar-refractivity contribution >= 4 is 11.9 Å². The van der Waals surface area contributed by atoms with E-state index >= 15 is 0 Å². The predicted octanol–water partition coefficient (Wildman–Crippen LogP) is 2.24. The van der Waals surface area contributed by atoms with Crippen molar-refractivity contribution in [2.45, 2.75) is 32.4 Å². The van der Waals surface area contributed by atoms with Gasteiger partial charge in [0.25, 0.3) is 5.91 Å². The van der Waals surface area contributed by atoms with E-state index in [0.29, 0.717) is 11.3 Å². The molecule has 1 atom stereocenters. The average Bonchev–Trinajstić information content (AvgIpc) is 3.00. The van der Waals surface area contributed by atoms with E-state index in [9.17, 15) is 9.59 Å². The number of benzene rings is 1. The van der Waals surface area contributed by atoms with Crippen molar-refractivity contribution in [1.82, 2.24) is 15.1 Å². The number of rotatable bonds is 7. The van der Waals surface area contributed by atoms with E-state index in [4.69, 9.17) is 9.47 Å². The number of nitrogens with one attached hydrogen (secondary N) is 1. The van der Waals surface area contributed by atoms with Crippen LogP contribution in [0.2, 0.25) is 0 Å². The van der Waals surface area contributed by atoms with Gasteiger partial charge in [-0.15, -0.1) is 0 Å². The molecule has 0 aliphatic carbocycles. The number of nitrogens with zero attached hydrogens (tertiary/aromatic N) is 2. The second kappa shape index (κ2) is 8.32. The lowest BCUT2D eigenvalue weighted by Crippen LogP contribution is -2.31. The molecule has 1 N–H and O–H groups in total. The van der Waals surface area contributed by atoms with Gasteiger partial charge >= 0.3 is 5.97 Å². The van der Waals surface area contributed by atoms with Crippen molar-refractivity contribution in [2.24, 2.45) is 7.05 Å². The Bertz CT molecular complexity index is 722. The molecule has 134 valence electrons. The summed E-state index contributed by atoms with van der Waals surface area (Å²) in [6, 6.07) is 6.69. The Morgan fingerprint density at radius 2 is 1.92 bits per heavy atom. The lowest BCUT2D eigenvalue weighted by Gasteiger charge is -2.19. The monoisotopic (exact) mass is 345 g/mol. The van der Waals surface area contributed by atoms with Crippen LogP contribution in [0.25, 0.3) is 0 Å². The maximum absolute atomic E-state index is 12.4. The van der Waals surface area contributed by atoms with Gasteiger partial charge in [-0.3, -0.25) is 14.3 Å². The summed E-state index contributed by atoms with van der Waals surface area (Å²) >= 11 is 0. The number of aryl methyl sites for hydroxylation is 1. The summed E-state index contributed by atoms with van der Waals surface area (Å²) in [5, 5.41) is 6.86. The molecule has 0 fully saturated rings. The summed E-state index contributed by atoms with van der Waals surface area (Å²) in [7, 11) is 3.31. The summed E-state index contributed by atoms with van der Waals surface area (Å²) in [6.07, 6.45) is 2.92. The first-order valence-corrected chi connectivity index (χ1v) is 8.02. The molecular weight excluding hydrogens is 322 g/mol. The second-order valence-corrected chi connectivity index (χ2v) is 5.94. The van der Waals surface area contributed by atoms with Crippen molar-refractivity contribution < 1.29 is 19.1 Å².